The minimum Gasteiger partial charge on any atom is -0.297 e. The van der Waals surface area contributed by atoms with Gasteiger partial charge in [-0.25, -0.2) is 13.1 Å². The third kappa shape index (κ3) is 6.43. The number of nitriles is 1. The highest BCUT2D eigenvalue weighted by Gasteiger charge is 2.28. The number of halogens is 1. The molecule has 0 radical (unpaired) electrons. The third-order valence-electron chi connectivity index (χ3n) is 5.41. The molecule has 1 unspecified atom stereocenters. The van der Waals surface area contributed by atoms with E-state index < -0.39 is 10.0 Å². The third-order valence-corrected chi connectivity index (χ3v) is 7.41. The zero-order valence-electron chi connectivity index (χ0n) is 18.8. The van der Waals surface area contributed by atoms with Crippen LogP contribution in [0.4, 0.5) is 0 Å². The van der Waals surface area contributed by atoms with Crippen molar-refractivity contribution in [2.45, 2.75) is 37.8 Å². The molecule has 1 heterocycles. The minimum absolute atomic E-state index is 0.0526. The van der Waals surface area contributed by atoms with Crippen LogP contribution in [0.3, 0.4) is 0 Å². The molecule has 1 atom stereocenters. The summed E-state index contributed by atoms with van der Waals surface area (Å²) >= 11 is 6.08. The molecule has 33 heavy (non-hydrogen) atoms. The van der Waals surface area contributed by atoms with Crippen LogP contribution in [0.2, 0.25) is 5.02 Å². The molecule has 1 aliphatic rings. The lowest BCUT2D eigenvalue weighted by Gasteiger charge is -2.17. The SMILES string of the molecule is CC.N#Cc1ccc(Cl)c(S(=O)(=O)NC2CCN(Cc3ccc(-c4ccccc4)cc3)C2)c1. The van der Waals surface area contributed by atoms with Gasteiger partial charge in [0.05, 0.1) is 16.7 Å². The van der Waals surface area contributed by atoms with E-state index in [4.69, 9.17) is 16.9 Å². The second kappa shape index (κ2) is 11.4. The van der Waals surface area contributed by atoms with Crippen LogP contribution in [-0.4, -0.2) is 32.4 Å². The van der Waals surface area contributed by atoms with Crippen molar-refractivity contribution in [1.82, 2.24) is 9.62 Å². The number of hydrogen-bond acceptors (Lipinski definition) is 4. The molecule has 4 rings (SSSR count). The van der Waals surface area contributed by atoms with E-state index in [1.165, 1.54) is 34.9 Å². The highest BCUT2D eigenvalue weighted by Crippen LogP contribution is 2.24. The van der Waals surface area contributed by atoms with Gasteiger partial charge in [-0.1, -0.05) is 80.0 Å². The molecule has 0 spiro atoms. The Morgan fingerprint density at radius 2 is 1.70 bits per heavy atom. The van der Waals surface area contributed by atoms with Crippen molar-refractivity contribution in [3.8, 4) is 17.2 Å². The molecule has 0 bridgehead atoms. The van der Waals surface area contributed by atoms with E-state index in [1.807, 2.05) is 38.1 Å². The highest BCUT2D eigenvalue weighted by molar-refractivity contribution is 7.89. The summed E-state index contributed by atoms with van der Waals surface area (Å²) in [6.45, 7) is 6.19. The molecule has 5 nitrogen and oxygen atoms in total. The van der Waals surface area contributed by atoms with Crippen molar-refractivity contribution in [1.29, 1.82) is 5.26 Å². The van der Waals surface area contributed by atoms with Gasteiger partial charge in [-0.15, -0.1) is 0 Å². The first-order valence-corrected chi connectivity index (χ1v) is 12.9. The summed E-state index contributed by atoms with van der Waals surface area (Å²) in [5, 5.41) is 9.16. The van der Waals surface area contributed by atoms with E-state index in [-0.39, 0.29) is 21.5 Å². The molecule has 1 saturated heterocycles. The van der Waals surface area contributed by atoms with Gasteiger partial charge >= 0.3 is 0 Å². The lowest BCUT2D eigenvalue weighted by atomic mass is 10.0. The van der Waals surface area contributed by atoms with Gasteiger partial charge in [0.15, 0.2) is 0 Å². The molecular weight excluding hydrogens is 454 g/mol. The maximum Gasteiger partial charge on any atom is 0.242 e. The van der Waals surface area contributed by atoms with E-state index in [9.17, 15) is 8.42 Å². The first-order valence-electron chi connectivity index (χ1n) is 11.0. The van der Waals surface area contributed by atoms with E-state index in [2.05, 4.69) is 46.0 Å². The van der Waals surface area contributed by atoms with Crippen LogP contribution < -0.4 is 4.72 Å². The Balaban J connectivity index is 0.00000149. The summed E-state index contributed by atoms with van der Waals surface area (Å²) in [6.07, 6.45) is 0.719. The van der Waals surface area contributed by atoms with Crippen molar-refractivity contribution >= 4 is 21.6 Å². The predicted molar refractivity (Wildman–Crippen MR) is 133 cm³/mol. The summed E-state index contributed by atoms with van der Waals surface area (Å²) in [6, 6.07) is 24.7. The van der Waals surface area contributed by atoms with Gasteiger partial charge in [0, 0.05) is 25.7 Å². The largest absolute Gasteiger partial charge is 0.297 e. The van der Waals surface area contributed by atoms with E-state index in [0.29, 0.717) is 6.54 Å². The number of rotatable bonds is 6. The summed E-state index contributed by atoms with van der Waals surface area (Å²) in [5.41, 5.74) is 3.81. The molecular formula is C26H28ClN3O2S. The van der Waals surface area contributed by atoms with Crippen LogP contribution in [0, 0.1) is 11.3 Å². The smallest absolute Gasteiger partial charge is 0.242 e. The number of sulfonamides is 1. The second-order valence-electron chi connectivity index (χ2n) is 7.66. The molecule has 0 amide bonds. The maximum atomic E-state index is 12.8. The molecule has 1 N–H and O–H groups in total. The van der Waals surface area contributed by atoms with Gasteiger partial charge in [0.2, 0.25) is 10.0 Å². The van der Waals surface area contributed by atoms with Crippen molar-refractivity contribution < 1.29 is 8.42 Å². The topological polar surface area (TPSA) is 73.2 Å². The van der Waals surface area contributed by atoms with Crippen molar-refractivity contribution in [2.24, 2.45) is 0 Å². The standard InChI is InChI=1S/C24H22ClN3O2S.C2H6/c25-23-11-8-19(15-26)14-24(23)31(29,30)27-22-12-13-28(17-22)16-18-6-9-21(10-7-18)20-4-2-1-3-5-20;1-2/h1-11,14,22,27H,12-13,16-17H2;1-2H3. The highest BCUT2D eigenvalue weighted by atomic mass is 35.5. The van der Waals surface area contributed by atoms with Crippen molar-refractivity contribution in [3.63, 3.8) is 0 Å². The molecule has 0 aliphatic carbocycles. The fraction of sp³-hybridized carbons (Fsp3) is 0.269. The fourth-order valence-corrected chi connectivity index (χ4v) is 5.61. The number of likely N-dealkylation sites (tertiary alicyclic amines) is 1. The summed E-state index contributed by atoms with van der Waals surface area (Å²) in [4.78, 5) is 2.18. The average Bonchev–Trinajstić information content (AvgIpc) is 3.27. The molecule has 0 aromatic heterocycles. The molecule has 0 saturated carbocycles. The van der Waals surface area contributed by atoms with Gasteiger partial charge in [0.25, 0.3) is 0 Å². The summed E-state index contributed by atoms with van der Waals surface area (Å²) < 4.78 is 28.3. The Kier molecular flexibility index (Phi) is 8.65. The van der Waals surface area contributed by atoms with Crippen LogP contribution >= 0.6 is 11.6 Å². The molecule has 1 fully saturated rings. The number of nitrogens with one attached hydrogen (secondary N) is 1. The normalized spacial score (nSPS) is 16.0. The Morgan fingerprint density at radius 1 is 1.03 bits per heavy atom. The monoisotopic (exact) mass is 481 g/mol. The molecule has 3 aromatic carbocycles. The van der Waals surface area contributed by atoms with Crippen LogP contribution in [0.1, 0.15) is 31.4 Å². The predicted octanol–water partition coefficient (Wildman–Crippen LogP) is 5.46. The Labute approximate surface area is 201 Å². The second-order valence-corrected chi connectivity index (χ2v) is 9.75. The lowest BCUT2D eigenvalue weighted by molar-refractivity contribution is 0.324. The summed E-state index contributed by atoms with van der Waals surface area (Å²) in [7, 11) is -3.80. The fourth-order valence-electron chi connectivity index (χ4n) is 3.83. The van der Waals surface area contributed by atoms with Gasteiger partial charge in [0.1, 0.15) is 4.90 Å². The van der Waals surface area contributed by atoms with E-state index in [0.717, 1.165) is 19.5 Å². The van der Waals surface area contributed by atoms with Gasteiger partial charge in [-0.2, -0.15) is 5.26 Å². The Morgan fingerprint density at radius 3 is 2.36 bits per heavy atom. The first-order chi connectivity index (χ1) is 15.9. The maximum absolute atomic E-state index is 12.8. The average molecular weight is 482 g/mol. The lowest BCUT2D eigenvalue weighted by Crippen LogP contribution is -2.37. The Hall–Kier alpha value is -2.69. The Bertz CT molecular complexity index is 1210. The molecule has 7 heteroatoms. The van der Waals surface area contributed by atoms with E-state index in [1.54, 1.807) is 0 Å². The first kappa shape index (κ1) is 24.9. The van der Waals surface area contributed by atoms with Crippen LogP contribution in [0.5, 0.6) is 0 Å². The quantitative estimate of drug-likeness (QED) is 0.507. The van der Waals surface area contributed by atoms with E-state index >= 15 is 0 Å². The van der Waals surface area contributed by atoms with Gasteiger partial charge < -0.3 is 0 Å². The molecule has 3 aromatic rings. The van der Waals surface area contributed by atoms with Crippen molar-refractivity contribution in [2.75, 3.05) is 13.1 Å². The summed E-state index contributed by atoms with van der Waals surface area (Å²) in [5.74, 6) is 0. The van der Waals surface area contributed by atoms with Crippen LogP contribution in [-0.2, 0) is 16.6 Å². The number of hydrogen-bond donors (Lipinski definition) is 1. The number of nitrogens with zero attached hydrogens (tertiary/aromatic N) is 2. The molecule has 1 aliphatic heterocycles. The van der Waals surface area contributed by atoms with Crippen molar-refractivity contribution in [3.05, 3.63) is 88.9 Å². The van der Waals surface area contributed by atoms with Gasteiger partial charge in [-0.05, 0) is 41.3 Å². The molecule has 172 valence electrons. The van der Waals surface area contributed by atoms with Crippen LogP contribution in [0.15, 0.2) is 77.7 Å². The zero-order chi connectivity index (χ0) is 23.8. The number of benzene rings is 3. The van der Waals surface area contributed by atoms with Crippen LogP contribution in [0.25, 0.3) is 11.1 Å². The van der Waals surface area contributed by atoms with Gasteiger partial charge in [-0.3, -0.25) is 4.90 Å². The minimum atomic E-state index is -3.80. The zero-order valence-corrected chi connectivity index (χ0v) is 20.4.